The lowest BCUT2D eigenvalue weighted by molar-refractivity contribution is -0.119. The van der Waals surface area contributed by atoms with Gasteiger partial charge in [0, 0.05) is 5.69 Å². The van der Waals surface area contributed by atoms with Gasteiger partial charge in [0.25, 0.3) is 5.91 Å². The molecule has 0 bridgehead atoms. The van der Waals surface area contributed by atoms with Crippen LogP contribution < -0.4 is 5.32 Å². The van der Waals surface area contributed by atoms with Crippen LogP contribution in [0.4, 0.5) is 14.5 Å². The lowest BCUT2D eigenvalue weighted by Gasteiger charge is -2.08. The van der Waals surface area contributed by atoms with Gasteiger partial charge in [-0.1, -0.05) is 0 Å². The van der Waals surface area contributed by atoms with Crippen molar-refractivity contribution in [2.75, 3.05) is 11.9 Å². The highest BCUT2D eigenvalue weighted by atomic mass is 32.2. The van der Waals surface area contributed by atoms with Crippen LogP contribution in [0.5, 0.6) is 0 Å². The molecule has 1 N–H and O–H groups in total. The molecule has 0 saturated carbocycles. The first-order valence-corrected chi connectivity index (χ1v) is 9.27. The number of thiophene rings is 1. The minimum atomic E-state index is -4.69. The molecule has 0 fully saturated rings. The van der Waals surface area contributed by atoms with Crippen molar-refractivity contribution in [3.63, 3.8) is 0 Å². The van der Waals surface area contributed by atoms with E-state index in [-0.39, 0.29) is 5.69 Å². The van der Waals surface area contributed by atoms with Gasteiger partial charge in [0.15, 0.2) is 6.61 Å². The number of hydrogen-bond donors (Lipinski definition) is 1. The Balaban J connectivity index is 1.93. The highest BCUT2D eigenvalue weighted by Gasteiger charge is 2.26. The number of aryl methyl sites for hydroxylation is 1. The molecule has 25 heavy (non-hydrogen) atoms. The first kappa shape index (κ1) is 19.0. The van der Waals surface area contributed by atoms with Crippen molar-refractivity contribution in [1.29, 1.82) is 0 Å². The number of halogens is 2. The maximum atomic E-state index is 12.4. The Kier molecular flexibility index (Phi) is 5.85. The Morgan fingerprint density at radius 1 is 1.20 bits per heavy atom. The van der Waals surface area contributed by atoms with E-state index in [1.54, 1.807) is 18.4 Å². The fraction of sp³-hybridized carbons (Fsp3) is 0.200. The molecule has 1 aromatic carbocycles. The Morgan fingerprint density at radius 3 is 2.36 bits per heavy atom. The molecule has 0 unspecified atom stereocenters. The molecule has 2 rings (SSSR count). The summed E-state index contributed by atoms with van der Waals surface area (Å²) in [7, 11) is -4.69. The topological polar surface area (TPSA) is 89.5 Å². The average molecular weight is 389 g/mol. The quantitative estimate of drug-likeness (QED) is 0.768. The van der Waals surface area contributed by atoms with Crippen LogP contribution in [-0.4, -0.2) is 32.7 Å². The van der Waals surface area contributed by atoms with E-state index < -0.39 is 39.0 Å². The van der Waals surface area contributed by atoms with Gasteiger partial charge in [0.2, 0.25) is 9.84 Å². The number of benzene rings is 1. The van der Waals surface area contributed by atoms with Gasteiger partial charge in [-0.15, -0.1) is 11.3 Å². The number of carbonyl (C=O) groups is 2. The van der Waals surface area contributed by atoms with Crippen molar-refractivity contribution in [3.8, 4) is 0 Å². The lowest BCUT2D eigenvalue weighted by Crippen LogP contribution is -2.21. The molecule has 1 aromatic heterocycles. The molecule has 0 aliphatic heterocycles. The first-order chi connectivity index (χ1) is 11.7. The Hall–Kier alpha value is -2.33. The molecule has 0 radical (unpaired) electrons. The Morgan fingerprint density at radius 2 is 1.84 bits per heavy atom. The molecule has 1 amide bonds. The normalized spacial score (nSPS) is 11.4. The Labute approximate surface area is 146 Å². The number of carbonyl (C=O) groups excluding carboxylic acids is 2. The smallest absolute Gasteiger partial charge is 0.349 e. The van der Waals surface area contributed by atoms with Crippen LogP contribution in [0.15, 0.2) is 40.6 Å². The summed E-state index contributed by atoms with van der Waals surface area (Å²) in [6.07, 6.45) is 0. The molecule has 0 saturated heterocycles. The van der Waals surface area contributed by atoms with E-state index >= 15 is 0 Å². The van der Waals surface area contributed by atoms with Crippen molar-refractivity contribution in [3.05, 3.63) is 46.2 Å². The molecule has 2 aromatic rings. The van der Waals surface area contributed by atoms with Gasteiger partial charge in [-0.25, -0.2) is 13.2 Å². The second kappa shape index (κ2) is 7.70. The summed E-state index contributed by atoms with van der Waals surface area (Å²) in [5, 5.41) is 4.09. The lowest BCUT2D eigenvalue weighted by atomic mass is 10.3. The molecular formula is C15H13F2NO5S2. The van der Waals surface area contributed by atoms with Crippen LogP contribution in [0.1, 0.15) is 15.2 Å². The van der Waals surface area contributed by atoms with Gasteiger partial charge < -0.3 is 10.1 Å². The third kappa shape index (κ3) is 4.60. The number of esters is 1. The van der Waals surface area contributed by atoms with Crippen LogP contribution in [0.2, 0.25) is 0 Å². The summed E-state index contributed by atoms with van der Waals surface area (Å²) in [4.78, 5) is 23.4. The number of alkyl halides is 2. The van der Waals surface area contributed by atoms with Gasteiger partial charge in [0.1, 0.15) is 4.88 Å². The van der Waals surface area contributed by atoms with Crippen LogP contribution in [-0.2, 0) is 19.4 Å². The average Bonchev–Trinajstić information content (AvgIpc) is 2.99. The monoisotopic (exact) mass is 389 g/mol. The number of ether oxygens (including phenoxy) is 1. The van der Waals surface area contributed by atoms with Gasteiger partial charge in [-0.3, -0.25) is 4.79 Å². The van der Waals surface area contributed by atoms with Crippen molar-refractivity contribution >= 4 is 38.7 Å². The summed E-state index contributed by atoms with van der Waals surface area (Å²) in [5.41, 5.74) is 0.924. The highest BCUT2D eigenvalue weighted by Crippen LogP contribution is 2.20. The van der Waals surface area contributed by atoms with Crippen molar-refractivity contribution < 1.29 is 31.5 Å². The third-order valence-electron chi connectivity index (χ3n) is 3.08. The van der Waals surface area contributed by atoms with E-state index in [4.69, 9.17) is 4.74 Å². The molecule has 0 atom stereocenters. The van der Waals surface area contributed by atoms with E-state index in [0.29, 0.717) is 4.88 Å². The van der Waals surface area contributed by atoms with Gasteiger partial charge in [-0.05, 0) is 48.2 Å². The summed E-state index contributed by atoms with van der Waals surface area (Å²) in [6.45, 7) is 1.20. The Bertz CT molecular complexity index is 876. The van der Waals surface area contributed by atoms with E-state index in [1.165, 1.54) is 23.5 Å². The number of sulfone groups is 1. The zero-order valence-corrected chi connectivity index (χ0v) is 14.5. The predicted molar refractivity (Wildman–Crippen MR) is 87.6 cm³/mol. The number of nitrogens with one attached hydrogen (secondary N) is 1. The largest absolute Gasteiger partial charge is 0.451 e. The minimum absolute atomic E-state index is 0.182. The number of rotatable bonds is 6. The van der Waals surface area contributed by atoms with Gasteiger partial charge in [0.05, 0.1) is 4.90 Å². The maximum absolute atomic E-state index is 12.4. The van der Waals surface area contributed by atoms with E-state index in [9.17, 15) is 26.8 Å². The number of amides is 1. The minimum Gasteiger partial charge on any atom is -0.451 e. The summed E-state index contributed by atoms with van der Waals surface area (Å²) in [5.74, 6) is -4.79. The molecule has 1 heterocycles. The fourth-order valence-electron chi connectivity index (χ4n) is 1.81. The van der Waals surface area contributed by atoms with E-state index in [0.717, 1.165) is 17.7 Å². The zero-order valence-electron chi connectivity index (χ0n) is 12.9. The standard InChI is InChI=1S/C15H13F2NO5S2/c1-9-6-7-24-13(9)14(20)23-8-12(19)18-10-2-4-11(5-3-10)25(21,22)15(16)17/h2-7,15H,8H2,1H3,(H,18,19). The van der Waals surface area contributed by atoms with Crippen LogP contribution in [0.25, 0.3) is 0 Å². The summed E-state index contributed by atoms with van der Waals surface area (Å²) in [6, 6.07) is 5.99. The van der Waals surface area contributed by atoms with Crippen LogP contribution in [0, 0.1) is 6.92 Å². The zero-order chi connectivity index (χ0) is 18.6. The van der Waals surface area contributed by atoms with Crippen molar-refractivity contribution in [1.82, 2.24) is 0 Å². The first-order valence-electron chi connectivity index (χ1n) is 6.85. The molecule has 0 aliphatic carbocycles. The van der Waals surface area contributed by atoms with Crippen LogP contribution in [0.3, 0.4) is 0 Å². The van der Waals surface area contributed by atoms with E-state index in [1.807, 2.05) is 0 Å². The SMILES string of the molecule is Cc1ccsc1C(=O)OCC(=O)Nc1ccc(S(=O)(=O)C(F)F)cc1. The summed E-state index contributed by atoms with van der Waals surface area (Å²) >= 11 is 1.20. The van der Waals surface area contributed by atoms with Crippen molar-refractivity contribution in [2.24, 2.45) is 0 Å². The maximum Gasteiger partial charge on any atom is 0.349 e. The van der Waals surface area contributed by atoms with Crippen LogP contribution >= 0.6 is 11.3 Å². The highest BCUT2D eigenvalue weighted by molar-refractivity contribution is 7.91. The number of anilines is 1. The molecular weight excluding hydrogens is 376 g/mol. The molecule has 0 aliphatic rings. The molecule has 10 heteroatoms. The van der Waals surface area contributed by atoms with Gasteiger partial charge >= 0.3 is 11.7 Å². The molecule has 134 valence electrons. The molecule has 0 spiro atoms. The summed E-state index contributed by atoms with van der Waals surface area (Å²) < 4.78 is 52.3. The van der Waals surface area contributed by atoms with Crippen molar-refractivity contribution in [2.45, 2.75) is 17.6 Å². The molecule has 6 nitrogen and oxygen atoms in total. The third-order valence-corrected chi connectivity index (χ3v) is 5.48. The van der Waals surface area contributed by atoms with Gasteiger partial charge in [-0.2, -0.15) is 8.78 Å². The fourth-order valence-corrected chi connectivity index (χ4v) is 3.34. The predicted octanol–water partition coefficient (Wildman–Crippen LogP) is 2.85. The number of hydrogen-bond acceptors (Lipinski definition) is 6. The second-order valence-corrected chi connectivity index (χ2v) is 7.72. The second-order valence-electron chi connectivity index (χ2n) is 4.89. The van der Waals surface area contributed by atoms with E-state index in [2.05, 4.69) is 5.32 Å².